The van der Waals surface area contributed by atoms with Gasteiger partial charge in [-0.3, -0.25) is 9.59 Å². The first-order valence-electron chi connectivity index (χ1n) is 3.46. The predicted octanol–water partition coefficient (Wildman–Crippen LogP) is -0.556. The van der Waals surface area contributed by atoms with Crippen LogP contribution in [0.1, 0.15) is 0 Å². The molecule has 0 saturated carbocycles. The molecule has 0 aromatic heterocycles. The first-order chi connectivity index (χ1) is 6.07. The molecule has 0 spiro atoms. The van der Waals surface area contributed by atoms with Crippen LogP contribution in [0.3, 0.4) is 0 Å². The highest BCUT2D eigenvalue weighted by atomic mass is 35.5. The maximum atomic E-state index is 10.6. The van der Waals surface area contributed by atoms with E-state index in [1.165, 1.54) is 11.8 Å². The minimum atomic E-state index is -1.05. The third kappa shape index (κ3) is 6.68. The minimum absolute atomic E-state index is 0.0917. The Bertz CT molecular complexity index is 191. The fourth-order valence-corrected chi connectivity index (χ4v) is 1.31. The average Bonchev–Trinajstić information content (AvgIpc) is 2.11. The number of aliphatic carboxylic acids is 1. The molecule has 13 heavy (non-hydrogen) atoms. The molecule has 0 radical (unpaired) electrons. The van der Waals surface area contributed by atoms with Gasteiger partial charge in [-0.15, -0.1) is 23.4 Å². The number of amides is 1. The van der Waals surface area contributed by atoms with Gasteiger partial charge in [0.15, 0.2) is 0 Å². The second-order valence-electron chi connectivity index (χ2n) is 2.19. The van der Waals surface area contributed by atoms with Crippen molar-refractivity contribution in [1.29, 1.82) is 0 Å². The zero-order valence-electron chi connectivity index (χ0n) is 6.83. The Hall–Kier alpha value is -0.460. The number of hydrogen-bond acceptors (Lipinski definition) is 4. The van der Waals surface area contributed by atoms with E-state index >= 15 is 0 Å². The lowest BCUT2D eigenvalue weighted by atomic mass is 10.4. The summed E-state index contributed by atoms with van der Waals surface area (Å²) in [5, 5.41) is 10.9. The second-order valence-corrected chi connectivity index (χ2v) is 3.49. The first-order valence-corrected chi connectivity index (χ1v) is 5.15. The molecule has 0 heterocycles. The molecule has 1 atom stereocenters. The molecule has 7 heteroatoms. The second kappa shape index (κ2) is 6.99. The summed E-state index contributed by atoms with van der Waals surface area (Å²) in [7, 11) is 0. The highest BCUT2D eigenvalue weighted by Gasteiger charge is 2.10. The van der Waals surface area contributed by atoms with Crippen molar-refractivity contribution in [2.24, 2.45) is 5.73 Å². The van der Waals surface area contributed by atoms with E-state index in [1.54, 1.807) is 0 Å². The summed E-state index contributed by atoms with van der Waals surface area (Å²) in [6.45, 7) is 0. The van der Waals surface area contributed by atoms with Crippen molar-refractivity contribution >= 4 is 35.2 Å². The summed E-state index contributed by atoms with van der Waals surface area (Å²) >= 11 is 6.44. The van der Waals surface area contributed by atoms with Crippen LogP contribution in [0.25, 0.3) is 0 Å². The molecule has 0 bridgehead atoms. The number of hydrogen-bond donors (Lipinski definition) is 3. The zero-order valence-corrected chi connectivity index (χ0v) is 8.40. The van der Waals surface area contributed by atoms with Gasteiger partial charge in [-0.1, -0.05) is 0 Å². The van der Waals surface area contributed by atoms with Gasteiger partial charge in [0, 0.05) is 5.75 Å². The average molecular weight is 227 g/mol. The van der Waals surface area contributed by atoms with Crippen LogP contribution in [0.15, 0.2) is 0 Å². The molecule has 0 aromatic carbocycles. The van der Waals surface area contributed by atoms with Gasteiger partial charge in [0.25, 0.3) is 0 Å². The van der Waals surface area contributed by atoms with Crippen LogP contribution in [0.4, 0.5) is 0 Å². The van der Waals surface area contributed by atoms with E-state index in [2.05, 4.69) is 5.32 Å². The monoisotopic (exact) mass is 226 g/mol. The van der Waals surface area contributed by atoms with E-state index in [4.69, 9.17) is 22.4 Å². The van der Waals surface area contributed by atoms with Crippen molar-refractivity contribution in [2.75, 3.05) is 17.5 Å². The van der Waals surface area contributed by atoms with Gasteiger partial charge in [0.2, 0.25) is 5.91 Å². The summed E-state index contributed by atoms with van der Waals surface area (Å²) in [5.41, 5.74) is 5.21. The number of carbonyl (C=O) groups is 2. The summed E-state index contributed by atoms with van der Waals surface area (Å²) in [5.74, 6) is -0.829. The Morgan fingerprint density at radius 3 is 2.69 bits per heavy atom. The highest BCUT2D eigenvalue weighted by Crippen LogP contribution is 1.99. The number of halogens is 1. The van der Waals surface area contributed by atoms with Crippen molar-refractivity contribution in [2.45, 2.75) is 6.04 Å². The van der Waals surface area contributed by atoms with Crippen molar-refractivity contribution in [3.8, 4) is 0 Å². The fourth-order valence-electron chi connectivity index (χ4n) is 0.436. The number of carboxylic acids is 1. The minimum Gasteiger partial charge on any atom is -0.480 e. The van der Waals surface area contributed by atoms with Gasteiger partial charge in [-0.05, 0) is 0 Å². The molecule has 0 aliphatic rings. The Morgan fingerprint density at radius 1 is 1.62 bits per heavy atom. The van der Waals surface area contributed by atoms with Gasteiger partial charge in [-0.2, -0.15) is 0 Å². The lowest BCUT2D eigenvalue weighted by Gasteiger charge is -2.05. The molecule has 5 nitrogen and oxygen atoms in total. The van der Waals surface area contributed by atoms with Gasteiger partial charge in [-0.25, -0.2) is 0 Å². The molecule has 4 N–H and O–H groups in total. The smallest absolute Gasteiger partial charge is 0.321 e. The van der Waals surface area contributed by atoms with Gasteiger partial charge in [0.1, 0.15) is 11.9 Å². The first kappa shape index (κ1) is 12.5. The van der Waals surface area contributed by atoms with Crippen molar-refractivity contribution in [1.82, 2.24) is 5.32 Å². The normalized spacial score (nSPS) is 12.2. The Balaban J connectivity index is 3.35. The molecule has 0 saturated heterocycles. The number of nitrogens with one attached hydrogen (secondary N) is 1. The number of rotatable bonds is 6. The van der Waals surface area contributed by atoms with Crippen LogP contribution in [0, 0.1) is 0 Å². The molecule has 1 amide bonds. The van der Waals surface area contributed by atoms with E-state index in [1.807, 2.05) is 0 Å². The summed E-state index contributed by atoms with van der Waals surface area (Å²) in [6.07, 6.45) is 0. The Labute approximate surface area is 85.0 Å². The third-order valence-electron chi connectivity index (χ3n) is 1.11. The molecule has 0 aromatic rings. The van der Waals surface area contributed by atoms with Gasteiger partial charge in [0.05, 0.1) is 5.88 Å². The van der Waals surface area contributed by atoms with Crippen LogP contribution >= 0.6 is 23.4 Å². The van der Waals surface area contributed by atoms with Crippen molar-refractivity contribution in [3.63, 3.8) is 0 Å². The molecule has 0 aliphatic heterocycles. The number of carbonyl (C=O) groups excluding carboxylic acids is 1. The van der Waals surface area contributed by atoms with Crippen LogP contribution < -0.4 is 11.1 Å². The lowest BCUT2D eigenvalue weighted by Crippen LogP contribution is -2.33. The van der Waals surface area contributed by atoms with Crippen molar-refractivity contribution in [3.05, 3.63) is 0 Å². The number of carboxylic acid groups (broad SMARTS) is 1. The van der Waals surface area contributed by atoms with E-state index in [9.17, 15) is 9.59 Å². The van der Waals surface area contributed by atoms with Crippen LogP contribution in [-0.4, -0.2) is 40.5 Å². The summed E-state index contributed by atoms with van der Waals surface area (Å²) in [6, 6.07) is -0.891. The van der Waals surface area contributed by atoms with E-state index in [0.717, 1.165) is 0 Å². The number of alkyl halides is 1. The Morgan fingerprint density at radius 2 is 2.23 bits per heavy atom. The molecular formula is C6H11ClN2O3S. The fraction of sp³-hybridized carbons (Fsp3) is 0.667. The van der Waals surface area contributed by atoms with Crippen LogP contribution in [0.5, 0.6) is 0 Å². The molecule has 0 aliphatic carbocycles. The van der Waals surface area contributed by atoms with E-state index in [0.29, 0.717) is 5.88 Å². The maximum absolute atomic E-state index is 10.6. The SMILES string of the molecule is N[C@@H](CSCNC(=O)CCl)C(=O)O. The van der Waals surface area contributed by atoms with E-state index < -0.39 is 12.0 Å². The standard InChI is InChI=1S/C6H11ClN2O3S/c7-1-5(10)9-3-13-2-4(8)6(11)12/h4H,1-3,8H2,(H,9,10)(H,11,12)/t4-/m0/s1. The maximum Gasteiger partial charge on any atom is 0.321 e. The highest BCUT2D eigenvalue weighted by molar-refractivity contribution is 7.99. The summed E-state index contributed by atoms with van der Waals surface area (Å²) < 4.78 is 0. The van der Waals surface area contributed by atoms with E-state index in [-0.39, 0.29) is 17.5 Å². The third-order valence-corrected chi connectivity index (χ3v) is 2.29. The van der Waals surface area contributed by atoms with Gasteiger partial charge >= 0.3 is 5.97 Å². The van der Waals surface area contributed by atoms with Gasteiger partial charge < -0.3 is 16.2 Å². The molecular weight excluding hydrogens is 216 g/mol. The number of nitrogens with two attached hydrogens (primary N) is 1. The molecule has 0 rings (SSSR count). The van der Waals surface area contributed by atoms with Crippen LogP contribution in [-0.2, 0) is 9.59 Å². The predicted molar refractivity (Wildman–Crippen MR) is 51.8 cm³/mol. The largest absolute Gasteiger partial charge is 0.480 e. The molecule has 0 fully saturated rings. The summed E-state index contributed by atoms with van der Waals surface area (Å²) in [4.78, 5) is 20.8. The quantitative estimate of drug-likeness (QED) is 0.321. The van der Waals surface area contributed by atoms with Crippen LogP contribution in [0.2, 0.25) is 0 Å². The lowest BCUT2D eigenvalue weighted by molar-refractivity contribution is -0.137. The zero-order chi connectivity index (χ0) is 10.3. The number of thioether (sulfide) groups is 1. The molecule has 0 unspecified atom stereocenters. The van der Waals surface area contributed by atoms with Crippen molar-refractivity contribution < 1.29 is 14.7 Å². The Kier molecular flexibility index (Phi) is 6.75. The molecule has 76 valence electrons. The topological polar surface area (TPSA) is 92.4 Å².